The first kappa shape index (κ1) is 42.0. The number of methoxy groups -OCH3 is 1. The number of anilines is 3. The second-order valence-electron chi connectivity index (χ2n) is 17.3. The Balaban J connectivity index is 0.732. The molecule has 2 aromatic carbocycles. The molecule has 1 spiro atoms. The molecule has 1 saturated carbocycles. The van der Waals surface area contributed by atoms with Crippen molar-refractivity contribution in [3.8, 4) is 22.8 Å². The number of aromatic nitrogens is 2. The van der Waals surface area contributed by atoms with Crippen molar-refractivity contribution in [1.29, 1.82) is 0 Å². The van der Waals surface area contributed by atoms with E-state index in [-0.39, 0.29) is 35.5 Å². The summed E-state index contributed by atoms with van der Waals surface area (Å²) in [5, 5.41) is 9.75. The van der Waals surface area contributed by atoms with Crippen LogP contribution in [0.1, 0.15) is 72.1 Å². The Morgan fingerprint density at radius 1 is 0.984 bits per heavy atom. The Kier molecular flexibility index (Phi) is 11.6. The van der Waals surface area contributed by atoms with Crippen LogP contribution in [0.3, 0.4) is 0 Å². The average molecular weight is 863 g/mol. The van der Waals surface area contributed by atoms with Gasteiger partial charge in [0.1, 0.15) is 42.4 Å². The fourth-order valence-electron chi connectivity index (χ4n) is 10.0. The van der Waals surface area contributed by atoms with E-state index in [2.05, 4.69) is 35.7 Å². The maximum absolute atomic E-state index is 15.4. The van der Waals surface area contributed by atoms with Gasteiger partial charge in [0.15, 0.2) is 5.75 Å². The Bertz CT molecular complexity index is 2460. The van der Waals surface area contributed by atoms with Gasteiger partial charge in [0.05, 0.1) is 18.2 Å². The Labute approximate surface area is 363 Å². The molecule has 63 heavy (non-hydrogen) atoms. The van der Waals surface area contributed by atoms with Crippen LogP contribution in [-0.2, 0) is 14.3 Å². The summed E-state index contributed by atoms with van der Waals surface area (Å²) in [6, 6.07) is 9.05. The van der Waals surface area contributed by atoms with Gasteiger partial charge in [0.2, 0.25) is 11.8 Å². The lowest BCUT2D eigenvalue weighted by atomic mass is 9.61. The molecule has 6 heterocycles. The van der Waals surface area contributed by atoms with Gasteiger partial charge in [0, 0.05) is 74.2 Å². The molecule has 4 aliphatic heterocycles. The third-order valence-electron chi connectivity index (χ3n) is 13.5. The lowest BCUT2D eigenvalue weighted by Gasteiger charge is -2.51. The maximum Gasteiger partial charge on any atom is 0.413 e. The number of nitrogens with one attached hydrogen (secondary N) is 3. The van der Waals surface area contributed by atoms with E-state index < -0.39 is 35.7 Å². The van der Waals surface area contributed by atoms with Gasteiger partial charge in [-0.05, 0) is 111 Å². The molecule has 3 N–H and O–H groups in total. The first-order valence-corrected chi connectivity index (χ1v) is 21.7. The van der Waals surface area contributed by atoms with Crippen LogP contribution in [-0.4, -0.2) is 122 Å². The Morgan fingerprint density at radius 2 is 1.76 bits per heavy atom. The molecule has 17 heteroatoms. The SMILES string of the molecule is CNC(=O)C(CCC=O)N1C(=O)c2ccc(N3CCC(CN4CCC5(CC4)CC(OC(=O)Nc4cc6cc(-c7cnc8c(c7OC)NCCO8)c(F)cc6cn4)C5)CC3)cc2C1=O. The van der Waals surface area contributed by atoms with Gasteiger partial charge in [-0.3, -0.25) is 24.6 Å². The van der Waals surface area contributed by atoms with E-state index in [1.807, 2.05) is 6.07 Å². The predicted molar refractivity (Wildman–Crippen MR) is 232 cm³/mol. The smallest absolute Gasteiger partial charge is 0.413 e. The van der Waals surface area contributed by atoms with E-state index >= 15 is 4.39 Å². The van der Waals surface area contributed by atoms with Crippen molar-refractivity contribution in [2.45, 2.75) is 63.5 Å². The molecule has 1 atom stereocenters. The van der Waals surface area contributed by atoms with Crippen molar-refractivity contribution in [2.24, 2.45) is 11.3 Å². The number of likely N-dealkylation sites (N-methyl/N-ethyl adjacent to an activating group) is 1. The maximum atomic E-state index is 15.4. The number of nitrogens with zero attached hydrogens (tertiary/aromatic N) is 5. The minimum absolute atomic E-state index is 0.0594. The number of hydrogen-bond donors (Lipinski definition) is 3. The molecule has 4 amide bonds. The fraction of sp³-hybridized carbons (Fsp3) is 0.457. The molecule has 2 aromatic heterocycles. The zero-order valence-electron chi connectivity index (χ0n) is 35.4. The highest BCUT2D eigenvalue weighted by molar-refractivity contribution is 6.23. The number of amides is 4. The number of piperidine rings is 2. The highest BCUT2D eigenvalue weighted by atomic mass is 19.1. The van der Waals surface area contributed by atoms with Crippen molar-refractivity contribution in [1.82, 2.24) is 25.1 Å². The third-order valence-corrected chi connectivity index (χ3v) is 13.5. The van der Waals surface area contributed by atoms with Crippen molar-refractivity contribution in [3.05, 3.63) is 65.7 Å². The number of benzene rings is 2. The van der Waals surface area contributed by atoms with Crippen molar-refractivity contribution in [2.75, 3.05) is 75.6 Å². The second kappa shape index (κ2) is 17.4. The first-order chi connectivity index (χ1) is 30.6. The molecule has 9 rings (SSSR count). The summed E-state index contributed by atoms with van der Waals surface area (Å²) in [4.78, 5) is 77.8. The monoisotopic (exact) mass is 862 g/mol. The van der Waals surface area contributed by atoms with Crippen molar-refractivity contribution >= 4 is 58.1 Å². The largest absolute Gasteiger partial charge is 0.494 e. The number of rotatable bonds is 12. The van der Waals surface area contributed by atoms with Crippen LogP contribution in [0.25, 0.3) is 21.9 Å². The predicted octanol–water partition coefficient (Wildman–Crippen LogP) is 5.65. The quantitative estimate of drug-likeness (QED) is 0.117. The van der Waals surface area contributed by atoms with Gasteiger partial charge in [-0.15, -0.1) is 0 Å². The normalized spacial score (nSPS) is 19.1. The molecule has 1 aliphatic carbocycles. The van der Waals surface area contributed by atoms with E-state index in [0.29, 0.717) is 70.4 Å². The summed E-state index contributed by atoms with van der Waals surface area (Å²) in [5.41, 5.74) is 2.96. The highest BCUT2D eigenvalue weighted by Gasteiger charge is 2.48. The minimum atomic E-state index is -1.04. The number of halogens is 1. The van der Waals surface area contributed by atoms with E-state index in [4.69, 9.17) is 14.2 Å². The molecule has 16 nitrogen and oxygen atoms in total. The van der Waals surface area contributed by atoms with Crippen LogP contribution in [0, 0.1) is 17.2 Å². The number of imide groups is 1. The van der Waals surface area contributed by atoms with Gasteiger partial charge in [-0.25, -0.2) is 19.2 Å². The molecule has 0 bridgehead atoms. The van der Waals surface area contributed by atoms with Crippen LogP contribution in [0.15, 0.2) is 48.8 Å². The number of fused-ring (bicyclic) bond motifs is 3. The summed E-state index contributed by atoms with van der Waals surface area (Å²) in [5.74, 6) is -0.280. The Hall–Kier alpha value is -6.36. The van der Waals surface area contributed by atoms with Crippen LogP contribution < -0.4 is 30.3 Å². The molecule has 4 aromatic rings. The van der Waals surface area contributed by atoms with E-state index in [0.717, 1.165) is 81.8 Å². The van der Waals surface area contributed by atoms with Crippen LogP contribution >= 0.6 is 0 Å². The van der Waals surface area contributed by atoms with Crippen LogP contribution in [0.5, 0.6) is 11.6 Å². The van der Waals surface area contributed by atoms with Gasteiger partial charge in [0.25, 0.3) is 11.8 Å². The second-order valence-corrected chi connectivity index (χ2v) is 17.3. The fourth-order valence-corrected chi connectivity index (χ4v) is 10.0. The lowest BCUT2D eigenvalue weighted by molar-refractivity contribution is -0.124. The molecule has 1 unspecified atom stereocenters. The van der Waals surface area contributed by atoms with Crippen molar-refractivity contribution in [3.63, 3.8) is 0 Å². The number of likely N-dealkylation sites (tertiary alicyclic amines) is 1. The number of carbonyl (C=O) groups is 5. The van der Waals surface area contributed by atoms with E-state index in [1.165, 1.54) is 32.6 Å². The summed E-state index contributed by atoms with van der Waals surface area (Å²) < 4.78 is 32.5. The number of aldehydes is 1. The van der Waals surface area contributed by atoms with Crippen LogP contribution in [0.4, 0.5) is 26.4 Å². The number of hydrogen-bond acceptors (Lipinski definition) is 13. The average Bonchev–Trinajstić information content (AvgIpc) is 3.53. The standard InChI is InChI=1S/C46H51FN8O8/c1-48-41(57)37(4-3-16-56)55-43(58)32-6-5-30(21-34(32)44(55)59)54-12-7-27(8-13-54)26-53-14-9-46(10-15-53)22-31(23-46)63-45(60)52-38-20-28-18-33(36(47)19-29(28)24-50-38)35-25-51-42-39(40(35)61-2)49-11-17-62-42/h5-6,16,18-21,24-25,27,31,37,49H,3-4,7-15,17,22-23,26H2,1-2H3,(H,48,57)(H,50,52,60). The lowest BCUT2D eigenvalue weighted by Crippen LogP contribution is -2.51. The molecular formula is C46H51FN8O8. The van der Waals surface area contributed by atoms with Gasteiger partial charge in [-0.2, -0.15) is 0 Å². The molecule has 2 saturated heterocycles. The summed E-state index contributed by atoms with van der Waals surface area (Å²) in [7, 11) is 2.96. The first-order valence-electron chi connectivity index (χ1n) is 21.7. The van der Waals surface area contributed by atoms with Crippen LogP contribution in [0.2, 0.25) is 0 Å². The van der Waals surface area contributed by atoms with E-state index in [1.54, 1.807) is 24.3 Å². The molecule has 0 radical (unpaired) electrons. The molecular weight excluding hydrogens is 812 g/mol. The third kappa shape index (κ3) is 8.21. The zero-order valence-corrected chi connectivity index (χ0v) is 35.4. The van der Waals surface area contributed by atoms with E-state index in [9.17, 15) is 24.0 Å². The molecule has 3 fully saturated rings. The van der Waals surface area contributed by atoms with Gasteiger partial charge >= 0.3 is 6.09 Å². The summed E-state index contributed by atoms with van der Waals surface area (Å²) in [6.07, 6.45) is 8.91. The topological polar surface area (TPSA) is 185 Å². The van der Waals surface area contributed by atoms with Gasteiger partial charge in [-0.1, -0.05) is 0 Å². The Morgan fingerprint density at radius 3 is 2.51 bits per heavy atom. The highest BCUT2D eigenvalue weighted by Crippen LogP contribution is 2.51. The molecule has 5 aliphatic rings. The zero-order chi connectivity index (χ0) is 43.8. The number of carbonyl (C=O) groups excluding carboxylic acids is 5. The molecule has 330 valence electrons. The summed E-state index contributed by atoms with van der Waals surface area (Å²) >= 11 is 0. The summed E-state index contributed by atoms with van der Waals surface area (Å²) in [6.45, 7) is 5.74. The minimum Gasteiger partial charge on any atom is -0.494 e. The number of pyridine rings is 2. The van der Waals surface area contributed by atoms with Gasteiger partial charge < -0.3 is 39.4 Å². The van der Waals surface area contributed by atoms with Crippen molar-refractivity contribution < 1.29 is 42.6 Å². The number of ether oxygens (including phenoxy) is 3.